The van der Waals surface area contributed by atoms with Crippen molar-refractivity contribution in [2.24, 2.45) is 0 Å². The van der Waals surface area contributed by atoms with E-state index in [2.05, 4.69) is 30.3 Å². The Hall–Kier alpha value is -1.34. The molecule has 0 amide bonds. The Labute approximate surface area is 97.3 Å². The van der Waals surface area contributed by atoms with Crippen molar-refractivity contribution in [2.45, 2.75) is 51.7 Å². The molecule has 1 atom stereocenters. The minimum Gasteiger partial charge on any atom is -0.297 e. The number of hydrogen-bond donors (Lipinski definition) is 1. The van der Waals surface area contributed by atoms with Crippen molar-refractivity contribution in [2.75, 3.05) is 0 Å². The molecule has 1 rings (SSSR count). The van der Waals surface area contributed by atoms with E-state index in [0.717, 1.165) is 19.4 Å². The topological polar surface area (TPSA) is 53.6 Å². The number of nitriles is 1. The summed E-state index contributed by atoms with van der Waals surface area (Å²) in [5.74, 6) is 0. The fraction of sp³-hybridized carbons (Fsp3) is 0.667. The predicted octanol–water partition coefficient (Wildman–Crippen LogP) is 1.94. The van der Waals surface area contributed by atoms with Gasteiger partial charge in [0.15, 0.2) is 0 Å². The third-order valence-corrected chi connectivity index (χ3v) is 2.48. The van der Waals surface area contributed by atoms with Crippen molar-refractivity contribution < 1.29 is 0 Å². The number of nitrogens with one attached hydrogen (secondary N) is 1. The monoisotopic (exact) mass is 220 g/mol. The van der Waals surface area contributed by atoms with Gasteiger partial charge in [0.25, 0.3) is 0 Å². The lowest BCUT2D eigenvalue weighted by atomic mass is 9.96. The summed E-state index contributed by atoms with van der Waals surface area (Å²) < 4.78 is 1.90. The van der Waals surface area contributed by atoms with Gasteiger partial charge in [-0.15, -0.1) is 0 Å². The predicted molar refractivity (Wildman–Crippen MR) is 63.8 cm³/mol. The lowest BCUT2D eigenvalue weighted by Gasteiger charge is -2.25. The first-order chi connectivity index (χ1) is 7.56. The van der Waals surface area contributed by atoms with Crippen molar-refractivity contribution in [3.8, 4) is 6.07 Å². The minimum atomic E-state index is -0.429. The molecule has 0 aromatic carbocycles. The van der Waals surface area contributed by atoms with Crippen LogP contribution < -0.4 is 5.32 Å². The van der Waals surface area contributed by atoms with Crippen LogP contribution in [0.3, 0.4) is 0 Å². The molecule has 0 radical (unpaired) electrons. The second kappa shape index (κ2) is 5.66. The zero-order valence-electron chi connectivity index (χ0n) is 10.3. The number of nitrogens with zero attached hydrogens (tertiary/aromatic N) is 3. The summed E-state index contributed by atoms with van der Waals surface area (Å²) in [5.41, 5.74) is -0.429. The lowest BCUT2D eigenvalue weighted by Crippen LogP contribution is -2.45. The molecule has 4 nitrogen and oxygen atoms in total. The van der Waals surface area contributed by atoms with E-state index in [9.17, 15) is 0 Å². The molecule has 0 saturated carbocycles. The molecule has 1 heterocycles. The van der Waals surface area contributed by atoms with Gasteiger partial charge in [-0.25, -0.2) is 0 Å². The van der Waals surface area contributed by atoms with Crippen LogP contribution in [0.4, 0.5) is 0 Å². The second-order valence-electron chi connectivity index (χ2n) is 4.62. The molecule has 0 fully saturated rings. The summed E-state index contributed by atoms with van der Waals surface area (Å²) in [6.45, 7) is 6.94. The molecule has 0 aliphatic heterocycles. The second-order valence-corrected chi connectivity index (χ2v) is 4.62. The van der Waals surface area contributed by atoms with Crippen LogP contribution in [-0.2, 0) is 6.54 Å². The highest BCUT2D eigenvalue weighted by Gasteiger charge is 2.23. The standard InChI is InChI=1S/C12H20N4/c1-11(2)15-12(3,10-13)6-4-8-16-9-5-7-14-16/h5,7,9,11,15H,4,6,8H2,1-3H3. The van der Waals surface area contributed by atoms with Crippen LogP contribution in [0, 0.1) is 11.3 Å². The van der Waals surface area contributed by atoms with E-state index >= 15 is 0 Å². The Morgan fingerprint density at radius 3 is 2.81 bits per heavy atom. The van der Waals surface area contributed by atoms with Gasteiger partial charge in [0.05, 0.1) is 6.07 Å². The van der Waals surface area contributed by atoms with E-state index in [1.165, 1.54) is 0 Å². The van der Waals surface area contributed by atoms with Gasteiger partial charge in [-0.2, -0.15) is 10.4 Å². The Morgan fingerprint density at radius 2 is 2.31 bits per heavy atom. The molecule has 0 saturated heterocycles. The fourth-order valence-corrected chi connectivity index (χ4v) is 1.82. The van der Waals surface area contributed by atoms with Crippen LogP contribution in [0.15, 0.2) is 18.5 Å². The Kier molecular flexibility index (Phi) is 4.51. The molecular formula is C12H20N4. The third kappa shape index (κ3) is 4.03. The van der Waals surface area contributed by atoms with Gasteiger partial charge in [0, 0.05) is 25.0 Å². The number of hydrogen-bond acceptors (Lipinski definition) is 3. The van der Waals surface area contributed by atoms with Crippen molar-refractivity contribution in [1.82, 2.24) is 15.1 Å². The van der Waals surface area contributed by atoms with Crippen LogP contribution >= 0.6 is 0 Å². The Bertz CT molecular complexity index is 336. The SMILES string of the molecule is CC(C)NC(C)(C#N)CCCn1cccn1. The third-order valence-electron chi connectivity index (χ3n) is 2.48. The van der Waals surface area contributed by atoms with Gasteiger partial charge in [0.1, 0.15) is 5.54 Å². The largest absolute Gasteiger partial charge is 0.297 e. The molecule has 1 N–H and O–H groups in total. The van der Waals surface area contributed by atoms with E-state index in [1.54, 1.807) is 6.20 Å². The van der Waals surface area contributed by atoms with Crippen molar-refractivity contribution in [3.05, 3.63) is 18.5 Å². The highest BCUT2D eigenvalue weighted by Crippen LogP contribution is 2.12. The molecule has 1 aromatic heterocycles. The van der Waals surface area contributed by atoms with E-state index < -0.39 is 5.54 Å². The highest BCUT2D eigenvalue weighted by atomic mass is 15.3. The molecule has 0 bridgehead atoms. The van der Waals surface area contributed by atoms with Crippen LogP contribution in [0.1, 0.15) is 33.6 Å². The van der Waals surface area contributed by atoms with Gasteiger partial charge in [-0.05, 0) is 39.7 Å². The van der Waals surface area contributed by atoms with Crippen molar-refractivity contribution in [1.29, 1.82) is 5.26 Å². The molecule has 0 aliphatic rings. The number of aryl methyl sites for hydroxylation is 1. The molecule has 16 heavy (non-hydrogen) atoms. The summed E-state index contributed by atoms with van der Waals surface area (Å²) in [7, 11) is 0. The first kappa shape index (κ1) is 12.7. The van der Waals surface area contributed by atoms with E-state index in [1.807, 2.05) is 23.9 Å². The Morgan fingerprint density at radius 1 is 1.56 bits per heavy atom. The van der Waals surface area contributed by atoms with E-state index in [-0.39, 0.29) is 0 Å². The highest BCUT2D eigenvalue weighted by molar-refractivity contribution is 5.04. The summed E-state index contributed by atoms with van der Waals surface area (Å²) in [5, 5.41) is 16.6. The van der Waals surface area contributed by atoms with Gasteiger partial charge in [-0.1, -0.05) is 0 Å². The Balaban J connectivity index is 2.37. The maximum absolute atomic E-state index is 9.16. The zero-order valence-corrected chi connectivity index (χ0v) is 10.3. The average molecular weight is 220 g/mol. The lowest BCUT2D eigenvalue weighted by molar-refractivity contribution is 0.361. The minimum absolute atomic E-state index is 0.328. The van der Waals surface area contributed by atoms with Gasteiger partial charge >= 0.3 is 0 Å². The number of rotatable bonds is 6. The first-order valence-electron chi connectivity index (χ1n) is 5.72. The van der Waals surface area contributed by atoms with Crippen LogP contribution in [0.25, 0.3) is 0 Å². The molecule has 1 unspecified atom stereocenters. The maximum atomic E-state index is 9.16. The van der Waals surface area contributed by atoms with Gasteiger partial charge in [-0.3, -0.25) is 10.00 Å². The zero-order chi connectivity index (χ0) is 12.0. The quantitative estimate of drug-likeness (QED) is 0.797. The molecule has 88 valence electrons. The van der Waals surface area contributed by atoms with Crippen molar-refractivity contribution >= 4 is 0 Å². The molecule has 0 aliphatic carbocycles. The molecule has 0 spiro atoms. The van der Waals surface area contributed by atoms with Crippen LogP contribution in [0.2, 0.25) is 0 Å². The smallest absolute Gasteiger partial charge is 0.104 e. The fourth-order valence-electron chi connectivity index (χ4n) is 1.82. The summed E-state index contributed by atoms with van der Waals surface area (Å²) >= 11 is 0. The van der Waals surface area contributed by atoms with E-state index in [4.69, 9.17) is 5.26 Å². The first-order valence-corrected chi connectivity index (χ1v) is 5.72. The van der Waals surface area contributed by atoms with Crippen LogP contribution in [0.5, 0.6) is 0 Å². The maximum Gasteiger partial charge on any atom is 0.104 e. The van der Waals surface area contributed by atoms with E-state index in [0.29, 0.717) is 6.04 Å². The number of aromatic nitrogens is 2. The molecule has 1 aromatic rings. The summed E-state index contributed by atoms with van der Waals surface area (Å²) in [4.78, 5) is 0. The van der Waals surface area contributed by atoms with Crippen LogP contribution in [-0.4, -0.2) is 21.4 Å². The molecule has 4 heteroatoms. The van der Waals surface area contributed by atoms with Crippen molar-refractivity contribution in [3.63, 3.8) is 0 Å². The van der Waals surface area contributed by atoms with Gasteiger partial charge in [0.2, 0.25) is 0 Å². The average Bonchev–Trinajstić information content (AvgIpc) is 2.69. The van der Waals surface area contributed by atoms with Gasteiger partial charge < -0.3 is 0 Å². The summed E-state index contributed by atoms with van der Waals surface area (Å²) in [6.07, 6.45) is 5.50. The normalized spacial score (nSPS) is 14.7. The summed E-state index contributed by atoms with van der Waals surface area (Å²) in [6, 6.07) is 4.59. The molecular weight excluding hydrogens is 200 g/mol.